The van der Waals surface area contributed by atoms with E-state index in [-0.39, 0.29) is 17.5 Å². The van der Waals surface area contributed by atoms with E-state index in [9.17, 15) is 0 Å². The Morgan fingerprint density at radius 1 is 0.500 bits per heavy atom. The van der Waals surface area contributed by atoms with Crippen LogP contribution < -0.4 is 21.3 Å². The Kier molecular flexibility index (Phi) is 5.71. The fourth-order valence-corrected chi connectivity index (χ4v) is 9.81. The minimum atomic E-state index is 0.0193. The third kappa shape index (κ3) is 3.81. The van der Waals surface area contributed by atoms with Crippen molar-refractivity contribution in [2.75, 3.05) is 4.90 Å². The van der Waals surface area contributed by atoms with Crippen molar-refractivity contribution < 1.29 is 0 Å². The highest BCUT2D eigenvalue weighted by molar-refractivity contribution is 7.00. The zero-order valence-electron chi connectivity index (χ0n) is 31.0. The van der Waals surface area contributed by atoms with Crippen molar-refractivity contribution in [3.05, 3.63) is 138 Å². The number of fused-ring (bicyclic) bond motifs is 7. The van der Waals surface area contributed by atoms with Crippen LogP contribution in [0, 0.1) is 6.92 Å². The topological polar surface area (TPSA) is 8.17 Å². The predicted molar refractivity (Wildman–Crippen MR) is 224 cm³/mol. The van der Waals surface area contributed by atoms with Crippen molar-refractivity contribution in [2.24, 2.45) is 0 Å². The maximum absolute atomic E-state index is 2.63. The summed E-state index contributed by atoms with van der Waals surface area (Å²) < 4.78 is 2.63. The van der Waals surface area contributed by atoms with Gasteiger partial charge in [-0.15, -0.1) is 0 Å². The Balaban J connectivity index is 1.30. The summed E-state index contributed by atoms with van der Waals surface area (Å²) in [4.78, 5) is 2.55. The van der Waals surface area contributed by atoms with Crippen LogP contribution >= 0.6 is 0 Å². The molecule has 2 aliphatic heterocycles. The fourth-order valence-electron chi connectivity index (χ4n) is 9.81. The van der Waals surface area contributed by atoms with Gasteiger partial charge in [0.2, 0.25) is 0 Å². The number of anilines is 3. The molecule has 1 aromatic heterocycles. The van der Waals surface area contributed by atoms with Crippen molar-refractivity contribution in [3.8, 4) is 27.9 Å². The minimum Gasteiger partial charge on any atom is -0.311 e. The molecule has 0 saturated carbocycles. The van der Waals surface area contributed by atoms with E-state index in [0.29, 0.717) is 0 Å². The highest BCUT2D eigenvalue weighted by Gasteiger charge is 2.43. The average molecular weight is 669 g/mol. The molecule has 0 atom stereocenters. The van der Waals surface area contributed by atoms with Crippen LogP contribution in [0.2, 0.25) is 0 Å². The molecule has 1 aliphatic carbocycles. The summed E-state index contributed by atoms with van der Waals surface area (Å²) in [6, 6.07) is 47.0. The van der Waals surface area contributed by atoms with Crippen LogP contribution in [-0.2, 0) is 10.8 Å². The van der Waals surface area contributed by atoms with Gasteiger partial charge in [-0.3, -0.25) is 0 Å². The molecule has 0 amide bonds. The number of nitrogens with zero attached hydrogens (tertiary/aromatic N) is 2. The van der Waals surface area contributed by atoms with Gasteiger partial charge in [0.15, 0.2) is 0 Å². The van der Waals surface area contributed by atoms with Crippen molar-refractivity contribution >= 4 is 72.7 Å². The van der Waals surface area contributed by atoms with E-state index in [1.54, 1.807) is 0 Å². The maximum atomic E-state index is 2.63. The third-order valence-corrected chi connectivity index (χ3v) is 12.3. The lowest BCUT2D eigenvalue weighted by molar-refractivity contribution is 0.590. The van der Waals surface area contributed by atoms with Gasteiger partial charge in [-0.1, -0.05) is 126 Å². The molecular formula is C49H41BN2. The van der Waals surface area contributed by atoms with Gasteiger partial charge in [0, 0.05) is 33.5 Å². The minimum absolute atomic E-state index is 0.0193. The summed E-state index contributed by atoms with van der Waals surface area (Å²) in [7, 11) is 0. The van der Waals surface area contributed by atoms with Gasteiger partial charge in [0.05, 0.1) is 11.0 Å². The Hall–Kier alpha value is -5.54. The molecule has 11 rings (SSSR count). The van der Waals surface area contributed by atoms with Crippen molar-refractivity contribution in [1.29, 1.82) is 0 Å². The molecule has 0 fully saturated rings. The molecule has 0 radical (unpaired) electrons. The number of hydrogen-bond donors (Lipinski definition) is 0. The van der Waals surface area contributed by atoms with Crippen LogP contribution in [0.25, 0.3) is 60.5 Å². The Morgan fingerprint density at radius 2 is 1.12 bits per heavy atom. The predicted octanol–water partition coefficient (Wildman–Crippen LogP) is 11.1. The van der Waals surface area contributed by atoms with Crippen LogP contribution in [0.15, 0.2) is 121 Å². The van der Waals surface area contributed by atoms with Gasteiger partial charge >= 0.3 is 0 Å². The maximum Gasteiger partial charge on any atom is 0.252 e. The highest BCUT2D eigenvalue weighted by atomic mass is 15.2. The van der Waals surface area contributed by atoms with Crippen LogP contribution in [0.1, 0.15) is 58.2 Å². The first-order chi connectivity index (χ1) is 25.0. The van der Waals surface area contributed by atoms with E-state index in [1.807, 2.05) is 0 Å². The summed E-state index contributed by atoms with van der Waals surface area (Å²) in [5.41, 5.74) is 21.3. The SMILES string of the molecule is Cc1cc2c3c(c1)-n1c4cccc5c4c4c(ccc(c41)B3c1cc(C(C)(C)C)ccc1N2c1ccc(C(C)(C)C)cc1)-c1cccc2cccc-5c12. The second-order valence-corrected chi connectivity index (χ2v) is 17.5. The Morgan fingerprint density at radius 3 is 1.81 bits per heavy atom. The summed E-state index contributed by atoms with van der Waals surface area (Å²) in [5.74, 6) is 0. The number of aromatic nitrogens is 1. The standard InChI is InChI=1S/C49H41BN2/c1-28-25-41-46-42(26-28)52-40-16-10-15-35-33-13-8-11-29-12-9-14-34(43(29)33)36-22-23-37(47(52)45(36)44(35)40)50(46)38-27-31(49(5,6)7)19-24-39(38)51(41)32-20-17-30(18-21-32)48(2,3)4/h8-27H,1-7H3. The van der Waals surface area contributed by atoms with E-state index in [4.69, 9.17) is 0 Å². The summed E-state index contributed by atoms with van der Waals surface area (Å²) >= 11 is 0. The molecule has 0 spiro atoms. The Labute approximate surface area is 306 Å². The monoisotopic (exact) mass is 668 g/mol. The van der Waals surface area contributed by atoms with Gasteiger partial charge in [-0.2, -0.15) is 0 Å². The smallest absolute Gasteiger partial charge is 0.252 e. The molecule has 3 aliphatic rings. The van der Waals surface area contributed by atoms with Gasteiger partial charge in [0.1, 0.15) is 0 Å². The zero-order valence-corrected chi connectivity index (χ0v) is 31.0. The second-order valence-electron chi connectivity index (χ2n) is 17.5. The van der Waals surface area contributed by atoms with Crippen LogP contribution in [0.4, 0.5) is 17.1 Å². The molecule has 3 heterocycles. The lowest BCUT2D eigenvalue weighted by Gasteiger charge is -2.41. The normalized spacial score (nSPS) is 14.0. The summed E-state index contributed by atoms with van der Waals surface area (Å²) in [5, 5.41) is 5.40. The van der Waals surface area contributed by atoms with E-state index in [1.165, 1.54) is 111 Å². The van der Waals surface area contributed by atoms with E-state index < -0.39 is 0 Å². The first-order valence-corrected chi connectivity index (χ1v) is 18.8. The number of hydrogen-bond acceptors (Lipinski definition) is 1. The zero-order chi connectivity index (χ0) is 35.4. The highest BCUT2D eigenvalue weighted by Crippen LogP contribution is 2.51. The van der Waals surface area contributed by atoms with Crippen molar-refractivity contribution in [2.45, 2.75) is 59.3 Å². The summed E-state index contributed by atoms with van der Waals surface area (Å²) in [6.07, 6.45) is 0. The average Bonchev–Trinajstić information content (AvgIpc) is 3.42. The molecule has 0 unspecified atom stereocenters. The second kappa shape index (κ2) is 9.86. The van der Waals surface area contributed by atoms with E-state index >= 15 is 0 Å². The van der Waals surface area contributed by atoms with Gasteiger partial charge < -0.3 is 9.47 Å². The Bertz CT molecular complexity index is 2870. The lowest BCUT2D eigenvalue weighted by atomic mass is 9.33. The quantitative estimate of drug-likeness (QED) is 0.158. The van der Waals surface area contributed by atoms with Crippen LogP contribution in [0.5, 0.6) is 0 Å². The molecule has 52 heavy (non-hydrogen) atoms. The largest absolute Gasteiger partial charge is 0.311 e. The van der Waals surface area contributed by atoms with Gasteiger partial charge in [0.25, 0.3) is 6.71 Å². The lowest BCUT2D eigenvalue weighted by Crippen LogP contribution is -2.60. The summed E-state index contributed by atoms with van der Waals surface area (Å²) in [6.45, 7) is 16.3. The van der Waals surface area contributed by atoms with E-state index in [0.717, 1.165) is 0 Å². The van der Waals surface area contributed by atoms with Gasteiger partial charge in [-0.25, -0.2) is 0 Å². The van der Waals surface area contributed by atoms with Crippen molar-refractivity contribution in [3.63, 3.8) is 0 Å². The number of aryl methyl sites for hydroxylation is 1. The molecular weight excluding hydrogens is 627 g/mol. The van der Waals surface area contributed by atoms with E-state index in [2.05, 4.69) is 179 Å². The molecule has 0 bridgehead atoms. The molecule has 7 aromatic carbocycles. The van der Waals surface area contributed by atoms with Gasteiger partial charge in [-0.05, 0) is 120 Å². The molecule has 8 aromatic rings. The first kappa shape index (κ1) is 30.1. The number of benzene rings is 7. The number of rotatable bonds is 1. The van der Waals surface area contributed by atoms with Crippen LogP contribution in [-0.4, -0.2) is 11.3 Å². The van der Waals surface area contributed by atoms with Crippen molar-refractivity contribution in [1.82, 2.24) is 4.57 Å². The molecule has 0 N–H and O–H groups in total. The molecule has 3 heteroatoms. The molecule has 250 valence electrons. The molecule has 0 saturated heterocycles. The van der Waals surface area contributed by atoms with Crippen LogP contribution in [0.3, 0.4) is 0 Å². The third-order valence-electron chi connectivity index (χ3n) is 12.3. The molecule has 2 nitrogen and oxygen atoms in total. The first-order valence-electron chi connectivity index (χ1n) is 18.8. The fraction of sp³-hybridized carbons (Fsp3) is 0.184.